The van der Waals surface area contributed by atoms with Crippen molar-refractivity contribution >= 4 is 23.2 Å². The Morgan fingerprint density at radius 2 is 2.10 bits per heavy atom. The minimum atomic E-state index is -0.912. The Hall–Kier alpha value is -1.62. The molecule has 1 aliphatic carbocycles. The molecule has 0 unspecified atom stereocenters. The van der Waals surface area contributed by atoms with Gasteiger partial charge < -0.3 is 5.11 Å². The minimum Gasteiger partial charge on any atom is -0.481 e. The Balaban J connectivity index is 1.97. The molecule has 5 nitrogen and oxygen atoms in total. The molecule has 3 rings (SSSR count). The van der Waals surface area contributed by atoms with E-state index >= 15 is 0 Å². The highest BCUT2D eigenvalue weighted by Gasteiger charge is 2.19. The zero-order valence-electron chi connectivity index (χ0n) is 11.0. The van der Waals surface area contributed by atoms with Crippen LogP contribution in [0.4, 0.5) is 0 Å². The number of fused-ring (bicyclic) bond motifs is 1. The lowest BCUT2D eigenvalue weighted by atomic mass is 9.87. The molecule has 0 aliphatic heterocycles. The first-order valence-corrected chi connectivity index (χ1v) is 7.28. The van der Waals surface area contributed by atoms with Crippen LogP contribution in [0, 0.1) is 0 Å². The predicted molar refractivity (Wildman–Crippen MR) is 75.2 cm³/mol. The van der Waals surface area contributed by atoms with E-state index in [2.05, 4.69) is 10.1 Å². The van der Waals surface area contributed by atoms with Crippen molar-refractivity contribution in [1.29, 1.82) is 0 Å². The highest BCUT2D eigenvalue weighted by atomic mass is 35.5. The van der Waals surface area contributed by atoms with Crippen molar-refractivity contribution < 1.29 is 9.90 Å². The van der Waals surface area contributed by atoms with Gasteiger partial charge in [0, 0.05) is 12.0 Å². The molecule has 0 saturated heterocycles. The van der Waals surface area contributed by atoms with Crippen LogP contribution in [-0.2, 0) is 11.2 Å². The van der Waals surface area contributed by atoms with Gasteiger partial charge in [-0.05, 0) is 18.9 Å². The Morgan fingerprint density at radius 3 is 2.80 bits per heavy atom. The fourth-order valence-corrected chi connectivity index (χ4v) is 3.10. The van der Waals surface area contributed by atoms with Crippen LogP contribution in [-0.4, -0.2) is 25.7 Å². The van der Waals surface area contributed by atoms with Crippen LogP contribution in [0.2, 0.25) is 5.15 Å². The smallest absolute Gasteiger partial charge is 0.309 e. The van der Waals surface area contributed by atoms with Gasteiger partial charge in [0.15, 0.2) is 5.65 Å². The summed E-state index contributed by atoms with van der Waals surface area (Å²) in [6, 6.07) is 3.51. The maximum absolute atomic E-state index is 10.8. The van der Waals surface area contributed by atoms with E-state index in [4.69, 9.17) is 16.7 Å². The molecule has 0 atom stereocenters. The lowest BCUT2D eigenvalue weighted by Crippen LogP contribution is -2.06. The third kappa shape index (κ3) is 2.63. The van der Waals surface area contributed by atoms with E-state index in [1.807, 2.05) is 6.07 Å². The lowest BCUT2D eigenvalue weighted by molar-refractivity contribution is -0.136. The van der Waals surface area contributed by atoms with Crippen molar-refractivity contribution in [2.75, 3.05) is 0 Å². The number of hydrogen-bond acceptors (Lipinski definition) is 3. The van der Waals surface area contributed by atoms with Crippen LogP contribution in [0.1, 0.15) is 49.4 Å². The fourth-order valence-electron chi connectivity index (χ4n) is 2.85. The Kier molecular flexibility index (Phi) is 3.61. The third-order valence-electron chi connectivity index (χ3n) is 3.81. The molecule has 0 aromatic carbocycles. The van der Waals surface area contributed by atoms with Gasteiger partial charge in [-0.2, -0.15) is 5.10 Å². The molecule has 1 aliphatic rings. The number of nitrogens with zero attached hydrogens (tertiary/aromatic N) is 3. The van der Waals surface area contributed by atoms with Crippen molar-refractivity contribution in [1.82, 2.24) is 14.6 Å². The maximum Gasteiger partial charge on any atom is 0.309 e. The first-order chi connectivity index (χ1) is 9.63. The zero-order valence-corrected chi connectivity index (χ0v) is 11.8. The summed E-state index contributed by atoms with van der Waals surface area (Å²) in [6.07, 6.45) is 5.96. The zero-order chi connectivity index (χ0) is 14.1. The lowest BCUT2D eigenvalue weighted by Gasteiger charge is -2.18. The minimum absolute atomic E-state index is 0.125. The van der Waals surface area contributed by atoms with E-state index in [0.717, 1.165) is 18.5 Å². The standard InChI is InChI=1S/C14H16ClN3O2/c15-12-6-10(7-14(19)20)16-13-8-11(17-18(12)13)9-4-2-1-3-5-9/h6,8-9H,1-5,7H2,(H,19,20). The molecule has 1 N–H and O–H groups in total. The normalized spacial score (nSPS) is 16.6. The number of carbonyl (C=O) groups is 1. The van der Waals surface area contributed by atoms with Crippen LogP contribution < -0.4 is 0 Å². The van der Waals surface area contributed by atoms with Crippen LogP contribution in [0.5, 0.6) is 0 Å². The molecule has 0 bridgehead atoms. The summed E-state index contributed by atoms with van der Waals surface area (Å²) in [6.45, 7) is 0. The summed E-state index contributed by atoms with van der Waals surface area (Å²) in [5.41, 5.74) is 2.12. The summed E-state index contributed by atoms with van der Waals surface area (Å²) >= 11 is 6.17. The van der Waals surface area contributed by atoms with Crippen molar-refractivity contribution in [3.63, 3.8) is 0 Å². The second-order valence-corrected chi connectivity index (χ2v) is 5.70. The molecule has 0 radical (unpaired) electrons. The van der Waals surface area contributed by atoms with E-state index in [0.29, 0.717) is 22.4 Å². The van der Waals surface area contributed by atoms with Gasteiger partial charge in [0.05, 0.1) is 17.8 Å². The first-order valence-electron chi connectivity index (χ1n) is 6.90. The topological polar surface area (TPSA) is 67.5 Å². The van der Waals surface area contributed by atoms with Gasteiger partial charge in [0.25, 0.3) is 0 Å². The SMILES string of the molecule is O=C(O)Cc1cc(Cl)n2nc(C3CCCCC3)cc2n1. The van der Waals surface area contributed by atoms with Gasteiger partial charge in [-0.3, -0.25) is 4.79 Å². The molecule has 2 heterocycles. The van der Waals surface area contributed by atoms with Crippen LogP contribution >= 0.6 is 11.6 Å². The predicted octanol–water partition coefficient (Wildman–Crippen LogP) is 3.06. The molecule has 20 heavy (non-hydrogen) atoms. The number of aromatic nitrogens is 3. The highest BCUT2D eigenvalue weighted by molar-refractivity contribution is 6.29. The second-order valence-electron chi connectivity index (χ2n) is 5.31. The average Bonchev–Trinajstić information content (AvgIpc) is 2.83. The number of aliphatic carboxylic acids is 1. The number of carboxylic acid groups (broad SMARTS) is 1. The van der Waals surface area contributed by atoms with Crippen molar-refractivity contribution in [3.8, 4) is 0 Å². The van der Waals surface area contributed by atoms with Gasteiger partial charge in [-0.1, -0.05) is 30.9 Å². The Morgan fingerprint density at radius 1 is 1.35 bits per heavy atom. The van der Waals surface area contributed by atoms with Crippen LogP contribution in [0.15, 0.2) is 12.1 Å². The van der Waals surface area contributed by atoms with Gasteiger partial charge in [0.2, 0.25) is 0 Å². The van der Waals surface area contributed by atoms with E-state index in [1.54, 1.807) is 10.6 Å². The third-order valence-corrected chi connectivity index (χ3v) is 4.08. The van der Waals surface area contributed by atoms with E-state index in [9.17, 15) is 4.79 Å². The number of hydrogen-bond donors (Lipinski definition) is 1. The number of carboxylic acids is 1. The van der Waals surface area contributed by atoms with Crippen molar-refractivity contribution in [2.45, 2.75) is 44.4 Å². The molecule has 106 valence electrons. The van der Waals surface area contributed by atoms with Crippen LogP contribution in [0.25, 0.3) is 5.65 Å². The summed E-state index contributed by atoms with van der Waals surface area (Å²) in [5, 5.41) is 13.8. The maximum atomic E-state index is 10.8. The number of halogens is 1. The van der Waals surface area contributed by atoms with Gasteiger partial charge >= 0.3 is 5.97 Å². The monoisotopic (exact) mass is 293 g/mol. The Bertz CT molecular complexity index is 647. The quantitative estimate of drug-likeness (QED) is 0.883. The highest BCUT2D eigenvalue weighted by Crippen LogP contribution is 2.32. The van der Waals surface area contributed by atoms with Gasteiger partial charge in [0.1, 0.15) is 5.15 Å². The van der Waals surface area contributed by atoms with Gasteiger partial charge in [-0.25, -0.2) is 9.50 Å². The molecule has 1 saturated carbocycles. The largest absolute Gasteiger partial charge is 0.481 e. The van der Waals surface area contributed by atoms with Crippen molar-refractivity contribution in [2.24, 2.45) is 0 Å². The molecule has 0 amide bonds. The first kappa shape index (κ1) is 13.4. The van der Waals surface area contributed by atoms with Gasteiger partial charge in [-0.15, -0.1) is 0 Å². The van der Waals surface area contributed by atoms with E-state index < -0.39 is 5.97 Å². The van der Waals surface area contributed by atoms with Crippen LogP contribution in [0.3, 0.4) is 0 Å². The van der Waals surface area contributed by atoms with Crippen molar-refractivity contribution in [3.05, 3.63) is 28.7 Å². The Labute approximate surface area is 121 Å². The summed E-state index contributed by atoms with van der Waals surface area (Å²) < 4.78 is 1.59. The molecule has 2 aromatic rings. The molecule has 0 spiro atoms. The molecular formula is C14H16ClN3O2. The summed E-state index contributed by atoms with van der Waals surface area (Å²) in [4.78, 5) is 15.1. The average molecular weight is 294 g/mol. The van der Waals surface area contributed by atoms with E-state index in [1.165, 1.54) is 19.3 Å². The second kappa shape index (κ2) is 5.40. The fraction of sp³-hybridized carbons (Fsp3) is 0.500. The molecule has 6 heteroatoms. The van der Waals surface area contributed by atoms with E-state index in [-0.39, 0.29) is 6.42 Å². The summed E-state index contributed by atoms with van der Waals surface area (Å²) in [7, 11) is 0. The summed E-state index contributed by atoms with van der Waals surface area (Å²) in [5.74, 6) is -0.436. The number of rotatable bonds is 3. The molecular weight excluding hydrogens is 278 g/mol. The molecule has 2 aromatic heterocycles. The molecule has 1 fully saturated rings.